The van der Waals surface area contributed by atoms with Gasteiger partial charge in [0.25, 0.3) is 0 Å². The molecule has 0 spiro atoms. The average molecular weight is 283 g/mol. The van der Waals surface area contributed by atoms with Crippen LogP contribution >= 0.6 is 22.7 Å². The number of rotatable bonds is 5. The standard InChI is InChI=1S/C11H13N3O2S2/c1-3-7(9-12-4-5-17-9)14-11-13-6-8(18-11)10(15)16-2/h4-7H,3H2,1-2H3,(H,13,14). The SMILES string of the molecule is CCC(Nc1ncc(C(=O)OC)s1)c1nccs1. The molecule has 1 unspecified atom stereocenters. The van der Waals surface area contributed by atoms with E-state index < -0.39 is 0 Å². The third-order valence-electron chi connectivity index (χ3n) is 2.35. The number of thiazole rings is 2. The van der Waals surface area contributed by atoms with Crippen molar-refractivity contribution in [3.63, 3.8) is 0 Å². The van der Waals surface area contributed by atoms with Crippen LogP contribution in [0, 0.1) is 0 Å². The lowest BCUT2D eigenvalue weighted by Gasteiger charge is -2.12. The largest absolute Gasteiger partial charge is 0.465 e. The molecule has 0 aliphatic carbocycles. The minimum Gasteiger partial charge on any atom is -0.465 e. The fourth-order valence-corrected chi connectivity index (χ4v) is 2.99. The fourth-order valence-electron chi connectivity index (χ4n) is 1.43. The summed E-state index contributed by atoms with van der Waals surface area (Å²) in [6, 6.07) is 0.127. The molecular formula is C11H13N3O2S2. The number of anilines is 1. The molecule has 2 rings (SSSR count). The van der Waals surface area contributed by atoms with Crippen molar-refractivity contribution in [2.75, 3.05) is 12.4 Å². The summed E-state index contributed by atoms with van der Waals surface area (Å²) in [5, 5.41) is 6.95. The molecule has 1 atom stereocenters. The fraction of sp³-hybridized carbons (Fsp3) is 0.364. The molecule has 0 radical (unpaired) electrons. The molecule has 2 aromatic rings. The third-order valence-corrected chi connectivity index (χ3v) is 4.15. The summed E-state index contributed by atoms with van der Waals surface area (Å²) in [6.07, 6.45) is 4.21. The minimum absolute atomic E-state index is 0.127. The topological polar surface area (TPSA) is 64.1 Å². The molecule has 18 heavy (non-hydrogen) atoms. The Bertz CT molecular complexity index is 510. The van der Waals surface area contributed by atoms with Gasteiger partial charge in [0.2, 0.25) is 0 Å². The lowest BCUT2D eigenvalue weighted by Crippen LogP contribution is -2.08. The van der Waals surface area contributed by atoms with Crippen LogP contribution in [0.5, 0.6) is 0 Å². The molecule has 0 saturated heterocycles. The summed E-state index contributed by atoms with van der Waals surface area (Å²) >= 11 is 2.89. The minimum atomic E-state index is -0.358. The number of hydrogen-bond donors (Lipinski definition) is 1. The quantitative estimate of drug-likeness (QED) is 0.855. The molecule has 0 saturated carbocycles. The number of carbonyl (C=O) groups is 1. The van der Waals surface area contributed by atoms with Gasteiger partial charge in [0, 0.05) is 11.6 Å². The molecule has 7 heteroatoms. The van der Waals surface area contributed by atoms with Crippen LogP contribution in [-0.4, -0.2) is 23.0 Å². The van der Waals surface area contributed by atoms with Gasteiger partial charge in [-0.15, -0.1) is 11.3 Å². The van der Waals surface area contributed by atoms with Gasteiger partial charge >= 0.3 is 5.97 Å². The maximum absolute atomic E-state index is 11.3. The van der Waals surface area contributed by atoms with Crippen LogP contribution in [0.3, 0.4) is 0 Å². The number of nitrogens with zero attached hydrogens (tertiary/aromatic N) is 2. The molecule has 0 aromatic carbocycles. The van der Waals surface area contributed by atoms with Crippen molar-refractivity contribution in [2.45, 2.75) is 19.4 Å². The number of hydrogen-bond acceptors (Lipinski definition) is 7. The van der Waals surface area contributed by atoms with Crippen LogP contribution in [0.2, 0.25) is 0 Å². The number of methoxy groups -OCH3 is 1. The average Bonchev–Trinajstić information content (AvgIpc) is 3.05. The molecule has 0 fully saturated rings. The summed E-state index contributed by atoms with van der Waals surface area (Å²) < 4.78 is 4.65. The number of esters is 1. The van der Waals surface area contributed by atoms with Crippen LogP contribution in [0.4, 0.5) is 5.13 Å². The monoisotopic (exact) mass is 283 g/mol. The Balaban J connectivity index is 2.08. The molecule has 0 aliphatic heterocycles. The van der Waals surface area contributed by atoms with Gasteiger partial charge in [-0.05, 0) is 6.42 Å². The third kappa shape index (κ3) is 2.85. The Labute approximate surface area is 113 Å². The first-order chi connectivity index (χ1) is 8.74. The van der Waals surface area contributed by atoms with E-state index in [0.717, 1.165) is 11.4 Å². The summed E-state index contributed by atoms with van der Waals surface area (Å²) in [6.45, 7) is 2.08. The molecule has 1 N–H and O–H groups in total. The maximum atomic E-state index is 11.3. The molecule has 2 heterocycles. The van der Waals surface area contributed by atoms with Crippen molar-refractivity contribution >= 4 is 33.8 Å². The summed E-state index contributed by atoms with van der Waals surface area (Å²) in [4.78, 5) is 20.3. The van der Waals surface area contributed by atoms with Gasteiger partial charge in [0.1, 0.15) is 9.88 Å². The van der Waals surface area contributed by atoms with E-state index in [4.69, 9.17) is 0 Å². The van der Waals surface area contributed by atoms with Gasteiger partial charge in [-0.1, -0.05) is 18.3 Å². The van der Waals surface area contributed by atoms with Gasteiger partial charge in [0.15, 0.2) is 5.13 Å². The Morgan fingerprint density at radius 1 is 1.56 bits per heavy atom. The van der Waals surface area contributed by atoms with Crippen molar-refractivity contribution in [2.24, 2.45) is 0 Å². The Hall–Kier alpha value is -1.47. The highest BCUT2D eigenvalue weighted by Crippen LogP contribution is 2.27. The summed E-state index contributed by atoms with van der Waals surface area (Å²) in [5.41, 5.74) is 0. The highest BCUT2D eigenvalue weighted by Gasteiger charge is 2.15. The Kier molecular flexibility index (Phi) is 4.27. The zero-order valence-electron chi connectivity index (χ0n) is 10.0. The first-order valence-electron chi connectivity index (χ1n) is 5.44. The molecule has 0 aliphatic rings. The maximum Gasteiger partial charge on any atom is 0.349 e. The van der Waals surface area contributed by atoms with Gasteiger partial charge in [-0.3, -0.25) is 0 Å². The van der Waals surface area contributed by atoms with E-state index in [9.17, 15) is 4.79 Å². The normalized spacial score (nSPS) is 12.1. The van der Waals surface area contributed by atoms with E-state index in [1.54, 1.807) is 17.5 Å². The molecule has 96 valence electrons. The second kappa shape index (κ2) is 5.92. The lowest BCUT2D eigenvalue weighted by atomic mass is 10.2. The number of aromatic nitrogens is 2. The molecular weight excluding hydrogens is 270 g/mol. The van der Waals surface area contributed by atoms with Crippen molar-refractivity contribution in [1.82, 2.24) is 9.97 Å². The van der Waals surface area contributed by atoms with Gasteiger partial charge in [-0.2, -0.15) is 0 Å². The second-order valence-corrected chi connectivity index (χ2v) is 5.45. The van der Waals surface area contributed by atoms with Crippen molar-refractivity contribution in [3.05, 3.63) is 27.7 Å². The van der Waals surface area contributed by atoms with Crippen LogP contribution < -0.4 is 5.32 Å². The smallest absolute Gasteiger partial charge is 0.349 e. The van der Waals surface area contributed by atoms with Crippen LogP contribution in [0.15, 0.2) is 17.8 Å². The van der Waals surface area contributed by atoms with Gasteiger partial charge < -0.3 is 10.1 Å². The van der Waals surface area contributed by atoms with Gasteiger partial charge in [-0.25, -0.2) is 14.8 Å². The Morgan fingerprint density at radius 3 is 3.00 bits per heavy atom. The van der Waals surface area contributed by atoms with Crippen LogP contribution in [0.1, 0.15) is 34.1 Å². The van der Waals surface area contributed by atoms with E-state index in [1.807, 2.05) is 5.38 Å². The lowest BCUT2D eigenvalue weighted by molar-refractivity contribution is 0.0606. The highest BCUT2D eigenvalue weighted by molar-refractivity contribution is 7.17. The highest BCUT2D eigenvalue weighted by atomic mass is 32.1. The van der Waals surface area contributed by atoms with E-state index in [-0.39, 0.29) is 12.0 Å². The zero-order valence-corrected chi connectivity index (χ0v) is 11.7. The zero-order chi connectivity index (χ0) is 13.0. The van der Waals surface area contributed by atoms with Crippen LogP contribution in [0.25, 0.3) is 0 Å². The van der Waals surface area contributed by atoms with E-state index in [2.05, 4.69) is 26.9 Å². The molecule has 2 aromatic heterocycles. The number of nitrogens with one attached hydrogen (secondary N) is 1. The predicted molar refractivity (Wildman–Crippen MR) is 72.2 cm³/mol. The number of ether oxygens (including phenoxy) is 1. The second-order valence-electron chi connectivity index (χ2n) is 3.50. The van der Waals surface area contributed by atoms with Crippen molar-refractivity contribution in [1.29, 1.82) is 0 Å². The molecule has 0 amide bonds. The molecule has 5 nitrogen and oxygen atoms in total. The predicted octanol–water partition coefficient (Wildman–Crippen LogP) is 2.95. The summed E-state index contributed by atoms with van der Waals surface area (Å²) in [7, 11) is 1.36. The van der Waals surface area contributed by atoms with E-state index in [0.29, 0.717) is 10.0 Å². The van der Waals surface area contributed by atoms with E-state index >= 15 is 0 Å². The first kappa shape index (κ1) is 13.0. The van der Waals surface area contributed by atoms with Crippen molar-refractivity contribution < 1.29 is 9.53 Å². The van der Waals surface area contributed by atoms with Gasteiger partial charge in [0.05, 0.1) is 19.3 Å². The Morgan fingerprint density at radius 2 is 2.39 bits per heavy atom. The first-order valence-corrected chi connectivity index (χ1v) is 7.14. The summed E-state index contributed by atoms with van der Waals surface area (Å²) in [5.74, 6) is -0.358. The van der Waals surface area contributed by atoms with Crippen molar-refractivity contribution in [3.8, 4) is 0 Å². The van der Waals surface area contributed by atoms with E-state index in [1.165, 1.54) is 24.6 Å². The molecule has 0 bridgehead atoms. The van der Waals surface area contributed by atoms with Crippen LogP contribution in [-0.2, 0) is 4.74 Å². The number of carbonyl (C=O) groups excluding carboxylic acids is 1.